The van der Waals surface area contributed by atoms with Gasteiger partial charge in [0.25, 0.3) is 0 Å². The van der Waals surface area contributed by atoms with Crippen LogP contribution in [-0.4, -0.2) is 0 Å². The highest BCUT2D eigenvalue weighted by Crippen LogP contribution is 2.30. The van der Waals surface area contributed by atoms with E-state index in [1.165, 1.54) is 63.4 Å². The first kappa shape index (κ1) is 13.8. The second kappa shape index (κ2) is 7.92. The van der Waals surface area contributed by atoms with Gasteiger partial charge in [0, 0.05) is 0 Å². The number of rotatable bonds is 6. The van der Waals surface area contributed by atoms with Crippen LogP contribution in [0, 0.1) is 11.8 Å². The van der Waals surface area contributed by atoms with Crippen molar-refractivity contribution < 1.29 is 0 Å². The van der Waals surface area contributed by atoms with Gasteiger partial charge < -0.3 is 0 Å². The zero-order chi connectivity index (χ0) is 11.8. The molecule has 0 heterocycles. The Kier molecular flexibility index (Phi) is 6.84. The lowest BCUT2D eigenvalue weighted by atomic mass is 9.82. The average molecular weight is 222 g/mol. The molecule has 0 saturated heterocycles. The van der Waals surface area contributed by atoms with Gasteiger partial charge in [-0.25, -0.2) is 0 Å². The third kappa shape index (κ3) is 6.35. The molecule has 16 heavy (non-hydrogen) atoms. The molecule has 0 radical (unpaired) electrons. The largest absolute Gasteiger partial charge is 0.0859 e. The van der Waals surface area contributed by atoms with Gasteiger partial charge in [0.15, 0.2) is 0 Å². The highest BCUT2D eigenvalue weighted by molar-refractivity contribution is 4.92. The first-order chi connectivity index (χ1) is 7.68. The third-order valence-electron chi connectivity index (χ3n) is 3.91. The van der Waals surface area contributed by atoms with E-state index in [2.05, 4.69) is 26.8 Å². The van der Waals surface area contributed by atoms with Crippen LogP contribution < -0.4 is 0 Å². The first-order valence-electron chi connectivity index (χ1n) is 7.32. The SMILES string of the molecule is CC(C)=CCCC[C@H](C)CC1CCCCC1. The fraction of sp³-hybridized carbons (Fsp3) is 0.875. The Balaban J connectivity index is 2.05. The van der Waals surface area contributed by atoms with Gasteiger partial charge >= 0.3 is 0 Å². The second-order valence-corrected chi connectivity index (χ2v) is 6.06. The molecule has 0 aliphatic heterocycles. The average Bonchev–Trinajstić information content (AvgIpc) is 2.25. The maximum absolute atomic E-state index is 2.46. The van der Waals surface area contributed by atoms with Crippen LogP contribution in [0.3, 0.4) is 0 Å². The normalized spacial score (nSPS) is 19.4. The Morgan fingerprint density at radius 1 is 1.19 bits per heavy atom. The summed E-state index contributed by atoms with van der Waals surface area (Å²) in [6.45, 7) is 6.86. The smallest absolute Gasteiger partial charge is 0.0348 e. The summed E-state index contributed by atoms with van der Waals surface area (Å²) >= 11 is 0. The van der Waals surface area contributed by atoms with Gasteiger partial charge in [-0.15, -0.1) is 0 Å². The van der Waals surface area contributed by atoms with Crippen LogP contribution >= 0.6 is 0 Å². The van der Waals surface area contributed by atoms with Gasteiger partial charge in [-0.05, 0) is 44.9 Å². The van der Waals surface area contributed by atoms with E-state index in [-0.39, 0.29) is 0 Å². The Morgan fingerprint density at radius 2 is 1.88 bits per heavy atom. The molecule has 0 heteroatoms. The summed E-state index contributed by atoms with van der Waals surface area (Å²) in [6, 6.07) is 0. The minimum atomic E-state index is 0.952. The van der Waals surface area contributed by atoms with E-state index in [0.717, 1.165) is 11.8 Å². The van der Waals surface area contributed by atoms with Crippen LogP contribution in [0.5, 0.6) is 0 Å². The van der Waals surface area contributed by atoms with Gasteiger partial charge in [-0.2, -0.15) is 0 Å². The molecule has 1 atom stereocenters. The molecule has 1 aliphatic carbocycles. The van der Waals surface area contributed by atoms with Crippen LogP contribution in [0.1, 0.15) is 78.6 Å². The second-order valence-electron chi connectivity index (χ2n) is 6.06. The molecule has 0 bridgehead atoms. The van der Waals surface area contributed by atoms with Gasteiger partial charge in [-0.1, -0.05) is 57.1 Å². The number of hydrogen-bond acceptors (Lipinski definition) is 0. The zero-order valence-corrected chi connectivity index (χ0v) is 11.6. The fourth-order valence-corrected chi connectivity index (χ4v) is 2.97. The van der Waals surface area contributed by atoms with Crippen LogP contribution in [0.4, 0.5) is 0 Å². The lowest BCUT2D eigenvalue weighted by molar-refractivity contribution is 0.287. The van der Waals surface area contributed by atoms with E-state index >= 15 is 0 Å². The topological polar surface area (TPSA) is 0 Å². The molecule has 1 fully saturated rings. The fourth-order valence-electron chi connectivity index (χ4n) is 2.97. The Morgan fingerprint density at radius 3 is 2.50 bits per heavy atom. The summed E-state index contributed by atoms with van der Waals surface area (Å²) in [5, 5.41) is 0. The highest BCUT2D eigenvalue weighted by atomic mass is 14.2. The molecule has 0 nitrogen and oxygen atoms in total. The van der Waals surface area contributed by atoms with E-state index < -0.39 is 0 Å². The lowest BCUT2D eigenvalue weighted by Gasteiger charge is -2.24. The molecular formula is C16H30. The van der Waals surface area contributed by atoms with Crippen LogP contribution in [0.2, 0.25) is 0 Å². The number of allylic oxidation sites excluding steroid dienone is 2. The van der Waals surface area contributed by atoms with Crippen molar-refractivity contribution in [3.05, 3.63) is 11.6 Å². The summed E-state index contributed by atoms with van der Waals surface area (Å²) in [7, 11) is 0. The van der Waals surface area contributed by atoms with Crippen LogP contribution in [0.15, 0.2) is 11.6 Å². The molecule has 0 aromatic carbocycles. The number of unbranched alkanes of at least 4 members (excludes halogenated alkanes) is 1. The predicted molar refractivity (Wildman–Crippen MR) is 73.6 cm³/mol. The van der Waals surface area contributed by atoms with Gasteiger partial charge in [0.05, 0.1) is 0 Å². The summed E-state index contributed by atoms with van der Waals surface area (Å²) in [6.07, 6.45) is 15.5. The zero-order valence-electron chi connectivity index (χ0n) is 11.6. The van der Waals surface area contributed by atoms with Crippen molar-refractivity contribution in [2.45, 2.75) is 78.6 Å². The third-order valence-corrected chi connectivity index (χ3v) is 3.91. The molecule has 0 aromatic rings. The molecule has 0 spiro atoms. The minimum Gasteiger partial charge on any atom is -0.0859 e. The van der Waals surface area contributed by atoms with E-state index in [1.807, 2.05) is 0 Å². The van der Waals surface area contributed by atoms with E-state index in [4.69, 9.17) is 0 Å². The predicted octanol–water partition coefficient (Wildman–Crippen LogP) is 5.73. The maximum Gasteiger partial charge on any atom is -0.0348 e. The van der Waals surface area contributed by atoms with Crippen LogP contribution in [-0.2, 0) is 0 Å². The maximum atomic E-state index is 2.46. The Hall–Kier alpha value is -0.260. The van der Waals surface area contributed by atoms with Crippen molar-refractivity contribution in [1.29, 1.82) is 0 Å². The van der Waals surface area contributed by atoms with Gasteiger partial charge in [0.1, 0.15) is 0 Å². The Labute approximate surface area is 103 Å². The summed E-state index contributed by atoms with van der Waals surface area (Å²) in [5.41, 5.74) is 1.47. The molecule has 1 aliphatic rings. The summed E-state index contributed by atoms with van der Waals surface area (Å²) in [5.74, 6) is 2.01. The molecule has 1 rings (SSSR count). The Bertz CT molecular complexity index is 192. The van der Waals surface area contributed by atoms with Crippen molar-refractivity contribution in [2.24, 2.45) is 11.8 Å². The van der Waals surface area contributed by atoms with Crippen molar-refractivity contribution in [2.75, 3.05) is 0 Å². The van der Waals surface area contributed by atoms with Crippen molar-refractivity contribution in [1.82, 2.24) is 0 Å². The molecule has 0 unspecified atom stereocenters. The standard InChI is InChI=1S/C16H30/c1-14(2)9-7-8-10-15(3)13-16-11-5-4-6-12-16/h9,15-16H,4-8,10-13H2,1-3H3/t15-/m0/s1. The quantitative estimate of drug-likeness (QED) is 0.398. The van der Waals surface area contributed by atoms with Crippen molar-refractivity contribution >= 4 is 0 Å². The molecule has 0 N–H and O–H groups in total. The minimum absolute atomic E-state index is 0.952. The molecule has 0 amide bonds. The van der Waals surface area contributed by atoms with E-state index in [9.17, 15) is 0 Å². The number of hydrogen-bond donors (Lipinski definition) is 0. The van der Waals surface area contributed by atoms with Crippen molar-refractivity contribution in [3.63, 3.8) is 0 Å². The first-order valence-corrected chi connectivity index (χ1v) is 7.32. The lowest BCUT2D eigenvalue weighted by Crippen LogP contribution is -2.10. The van der Waals surface area contributed by atoms with Gasteiger partial charge in [-0.3, -0.25) is 0 Å². The van der Waals surface area contributed by atoms with Crippen LogP contribution in [0.25, 0.3) is 0 Å². The molecule has 0 aromatic heterocycles. The molecular weight excluding hydrogens is 192 g/mol. The molecule has 1 saturated carbocycles. The van der Waals surface area contributed by atoms with E-state index in [1.54, 1.807) is 0 Å². The summed E-state index contributed by atoms with van der Waals surface area (Å²) in [4.78, 5) is 0. The van der Waals surface area contributed by atoms with Gasteiger partial charge in [0.2, 0.25) is 0 Å². The molecule has 94 valence electrons. The monoisotopic (exact) mass is 222 g/mol. The van der Waals surface area contributed by atoms with Crippen molar-refractivity contribution in [3.8, 4) is 0 Å². The van der Waals surface area contributed by atoms with E-state index in [0.29, 0.717) is 0 Å². The summed E-state index contributed by atoms with van der Waals surface area (Å²) < 4.78 is 0. The highest BCUT2D eigenvalue weighted by Gasteiger charge is 2.15.